The maximum atomic E-state index is 12.2. The van der Waals surface area contributed by atoms with E-state index in [4.69, 9.17) is 5.73 Å². The second-order valence-corrected chi connectivity index (χ2v) is 6.63. The SMILES string of the molecule is Cc1nc(NS(=O)(=O)c2ccc(O)c(N)c2)ccc1Br. The summed E-state index contributed by atoms with van der Waals surface area (Å²) in [6.07, 6.45) is 0. The molecule has 0 aliphatic rings. The summed E-state index contributed by atoms with van der Waals surface area (Å²) in [5.41, 5.74) is 6.15. The van der Waals surface area contributed by atoms with Crippen molar-refractivity contribution in [1.82, 2.24) is 4.98 Å². The molecule has 0 aliphatic heterocycles. The molecule has 8 heteroatoms. The predicted octanol–water partition coefficient (Wildman–Crippen LogP) is 2.24. The van der Waals surface area contributed by atoms with Crippen molar-refractivity contribution >= 4 is 37.5 Å². The molecule has 1 aromatic heterocycles. The first-order valence-electron chi connectivity index (χ1n) is 5.54. The monoisotopic (exact) mass is 357 g/mol. The van der Waals surface area contributed by atoms with E-state index in [1.54, 1.807) is 19.1 Å². The molecular formula is C12H12BrN3O3S. The van der Waals surface area contributed by atoms with Gasteiger partial charge < -0.3 is 10.8 Å². The molecule has 0 saturated heterocycles. The van der Waals surface area contributed by atoms with Crippen molar-refractivity contribution in [2.75, 3.05) is 10.5 Å². The summed E-state index contributed by atoms with van der Waals surface area (Å²) in [5, 5.41) is 9.31. The van der Waals surface area contributed by atoms with Gasteiger partial charge in [0.1, 0.15) is 11.6 Å². The Labute approximate surface area is 124 Å². The minimum absolute atomic E-state index is 0.00665. The van der Waals surface area contributed by atoms with Crippen molar-refractivity contribution in [2.45, 2.75) is 11.8 Å². The van der Waals surface area contributed by atoms with Crippen molar-refractivity contribution < 1.29 is 13.5 Å². The third-order valence-electron chi connectivity index (χ3n) is 2.57. The molecule has 1 heterocycles. The van der Waals surface area contributed by atoms with Gasteiger partial charge in [0.25, 0.3) is 10.0 Å². The number of phenols is 1. The fourth-order valence-corrected chi connectivity index (χ4v) is 2.75. The predicted molar refractivity (Wildman–Crippen MR) is 80.0 cm³/mol. The van der Waals surface area contributed by atoms with Gasteiger partial charge in [-0.1, -0.05) is 0 Å². The molecule has 20 heavy (non-hydrogen) atoms. The number of aromatic nitrogens is 1. The van der Waals surface area contributed by atoms with Gasteiger partial charge in [0, 0.05) is 4.47 Å². The largest absolute Gasteiger partial charge is 0.506 e. The van der Waals surface area contributed by atoms with E-state index in [0.29, 0.717) is 5.69 Å². The van der Waals surface area contributed by atoms with Crippen LogP contribution in [0.3, 0.4) is 0 Å². The number of nitrogens with two attached hydrogens (primary N) is 1. The van der Waals surface area contributed by atoms with Crippen molar-refractivity contribution in [3.63, 3.8) is 0 Å². The molecule has 0 bridgehead atoms. The molecule has 0 aliphatic carbocycles. The van der Waals surface area contributed by atoms with Gasteiger partial charge in [-0.25, -0.2) is 13.4 Å². The van der Waals surface area contributed by atoms with Gasteiger partial charge in [0.15, 0.2) is 0 Å². The van der Waals surface area contributed by atoms with Crippen LogP contribution in [0.4, 0.5) is 11.5 Å². The van der Waals surface area contributed by atoms with E-state index in [1.807, 2.05) is 0 Å². The van der Waals surface area contributed by atoms with Crippen LogP contribution in [-0.4, -0.2) is 18.5 Å². The van der Waals surface area contributed by atoms with Crippen LogP contribution < -0.4 is 10.5 Å². The first kappa shape index (κ1) is 14.6. The number of aryl methyl sites for hydroxylation is 1. The highest BCUT2D eigenvalue weighted by atomic mass is 79.9. The molecule has 2 aromatic rings. The van der Waals surface area contributed by atoms with Gasteiger partial charge in [-0.2, -0.15) is 0 Å². The summed E-state index contributed by atoms with van der Waals surface area (Å²) >= 11 is 3.29. The van der Waals surface area contributed by atoms with Gasteiger partial charge >= 0.3 is 0 Å². The minimum Gasteiger partial charge on any atom is -0.506 e. The van der Waals surface area contributed by atoms with Crippen LogP contribution in [0.2, 0.25) is 0 Å². The summed E-state index contributed by atoms with van der Waals surface area (Å²) in [7, 11) is -3.80. The highest BCUT2D eigenvalue weighted by molar-refractivity contribution is 9.10. The van der Waals surface area contributed by atoms with Crippen LogP contribution in [0.25, 0.3) is 0 Å². The number of hydrogen-bond acceptors (Lipinski definition) is 5. The standard InChI is InChI=1S/C12H12BrN3O3S/c1-7-9(13)3-5-12(15-7)16-20(18,19)8-2-4-11(17)10(14)6-8/h2-6,17H,14H2,1H3,(H,15,16). The minimum atomic E-state index is -3.80. The zero-order chi connectivity index (χ0) is 14.9. The number of phenolic OH excluding ortho intramolecular Hbond substituents is 1. The van der Waals surface area contributed by atoms with Gasteiger partial charge in [-0.15, -0.1) is 0 Å². The van der Waals surface area contributed by atoms with Crippen molar-refractivity contribution in [3.05, 3.63) is 40.5 Å². The molecule has 6 nitrogen and oxygen atoms in total. The number of aromatic hydroxyl groups is 1. The molecule has 0 unspecified atom stereocenters. The van der Waals surface area contributed by atoms with E-state index in [1.165, 1.54) is 18.2 Å². The summed E-state index contributed by atoms with van der Waals surface area (Å²) in [6.45, 7) is 1.75. The van der Waals surface area contributed by atoms with Gasteiger partial charge in [-0.05, 0) is 53.2 Å². The summed E-state index contributed by atoms with van der Waals surface area (Å²) in [4.78, 5) is 4.06. The second kappa shape index (κ2) is 5.29. The summed E-state index contributed by atoms with van der Waals surface area (Å²) in [6, 6.07) is 6.91. The fourth-order valence-electron chi connectivity index (χ4n) is 1.50. The molecule has 4 N–H and O–H groups in total. The first-order chi connectivity index (χ1) is 9.29. The van der Waals surface area contributed by atoms with Crippen molar-refractivity contribution in [2.24, 2.45) is 0 Å². The second-order valence-electron chi connectivity index (χ2n) is 4.09. The maximum absolute atomic E-state index is 12.2. The van der Waals surface area contributed by atoms with E-state index < -0.39 is 10.0 Å². The zero-order valence-corrected chi connectivity index (χ0v) is 12.9. The lowest BCUT2D eigenvalue weighted by atomic mass is 10.3. The van der Waals surface area contributed by atoms with E-state index in [-0.39, 0.29) is 22.2 Å². The maximum Gasteiger partial charge on any atom is 0.263 e. The molecule has 0 atom stereocenters. The van der Waals surface area contributed by atoms with Gasteiger partial charge in [-0.3, -0.25) is 4.72 Å². The Balaban J connectivity index is 2.35. The number of nitrogens with zero attached hydrogens (tertiary/aromatic N) is 1. The molecule has 0 saturated carbocycles. The van der Waals surface area contributed by atoms with E-state index in [2.05, 4.69) is 25.6 Å². The lowest BCUT2D eigenvalue weighted by Crippen LogP contribution is -2.14. The molecule has 0 spiro atoms. The number of halogens is 1. The molecule has 0 radical (unpaired) electrons. The number of anilines is 2. The molecule has 106 valence electrons. The van der Waals surface area contributed by atoms with Gasteiger partial charge in [0.05, 0.1) is 16.3 Å². The number of pyridine rings is 1. The normalized spacial score (nSPS) is 11.3. The molecule has 1 aromatic carbocycles. The fraction of sp³-hybridized carbons (Fsp3) is 0.0833. The smallest absolute Gasteiger partial charge is 0.263 e. The Morgan fingerprint density at radius 2 is 2.00 bits per heavy atom. The quantitative estimate of drug-likeness (QED) is 0.577. The van der Waals surface area contributed by atoms with Crippen LogP contribution in [0.5, 0.6) is 5.75 Å². The zero-order valence-electron chi connectivity index (χ0n) is 10.5. The summed E-state index contributed by atoms with van der Waals surface area (Å²) in [5.74, 6) is 0.0407. The number of sulfonamides is 1. The van der Waals surface area contributed by atoms with Crippen LogP contribution in [0, 0.1) is 6.92 Å². The number of nitrogens with one attached hydrogen (secondary N) is 1. The molecule has 0 fully saturated rings. The van der Waals surface area contributed by atoms with E-state index in [0.717, 1.165) is 4.47 Å². The van der Waals surface area contributed by atoms with Gasteiger partial charge in [0.2, 0.25) is 0 Å². The average molecular weight is 358 g/mol. The number of nitrogen functional groups attached to an aromatic ring is 1. The van der Waals surface area contributed by atoms with Crippen molar-refractivity contribution in [3.8, 4) is 5.75 Å². The molecular weight excluding hydrogens is 346 g/mol. The Bertz CT molecular complexity index is 763. The summed E-state index contributed by atoms with van der Waals surface area (Å²) < 4.78 is 27.5. The van der Waals surface area contributed by atoms with E-state index in [9.17, 15) is 13.5 Å². The Hall–Kier alpha value is -1.80. The molecule has 0 amide bonds. The highest BCUT2D eigenvalue weighted by Gasteiger charge is 2.16. The van der Waals surface area contributed by atoms with Crippen LogP contribution >= 0.6 is 15.9 Å². The molecule has 2 rings (SSSR count). The third kappa shape index (κ3) is 3.02. The Kier molecular flexibility index (Phi) is 3.87. The topological polar surface area (TPSA) is 105 Å². The van der Waals surface area contributed by atoms with E-state index >= 15 is 0 Å². The van der Waals surface area contributed by atoms with Crippen LogP contribution in [-0.2, 0) is 10.0 Å². The third-order valence-corrected chi connectivity index (χ3v) is 4.76. The Morgan fingerprint density at radius 3 is 2.60 bits per heavy atom. The number of benzene rings is 1. The first-order valence-corrected chi connectivity index (χ1v) is 7.81. The van der Waals surface area contributed by atoms with Crippen molar-refractivity contribution in [1.29, 1.82) is 0 Å². The highest BCUT2D eigenvalue weighted by Crippen LogP contribution is 2.25. The Morgan fingerprint density at radius 1 is 1.30 bits per heavy atom. The lowest BCUT2D eigenvalue weighted by molar-refractivity contribution is 0.477. The number of hydrogen-bond donors (Lipinski definition) is 3. The lowest BCUT2D eigenvalue weighted by Gasteiger charge is -2.09. The van der Waals surface area contributed by atoms with Crippen LogP contribution in [0.1, 0.15) is 5.69 Å². The van der Waals surface area contributed by atoms with Crippen LogP contribution in [0.15, 0.2) is 39.7 Å². The average Bonchev–Trinajstić information content (AvgIpc) is 2.37. The number of rotatable bonds is 3.